The number of anilines is 1. The molecule has 4 heteroatoms. The maximum absolute atomic E-state index is 5.61. The lowest BCUT2D eigenvalue weighted by molar-refractivity contribution is 0.502. The second-order valence-electron chi connectivity index (χ2n) is 3.27. The van der Waals surface area contributed by atoms with Gasteiger partial charge < -0.3 is 5.73 Å². The molecule has 68 valence electrons. The molecule has 2 rings (SSSR count). The number of hydrogen-bond donors (Lipinski definition) is 1. The van der Waals surface area contributed by atoms with Crippen LogP contribution in [-0.2, 0) is 12.8 Å². The van der Waals surface area contributed by atoms with Crippen LogP contribution in [0, 0.1) is 5.92 Å². The highest BCUT2D eigenvalue weighted by molar-refractivity contribution is 7.15. The van der Waals surface area contributed by atoms with Crippen LogP contribution in [0.1, 0.15) is 23.9 Å². The largest absolute Gasteiger partial charge is 0.375 e. The SMILES string of the molecule is CC1CCc2nc(N)sc2C1.Cl. The third kappa shape index (κ3) is 1.72. The maximum atomic E-state index is 5.61. The molecule has 0 radical (unpaired) electrons. The predicted octanol–water partition coefficient (Wildman–Crippen LogP) is 2.27. The molecule has 0 fully saturated rings. The van der Waals surface area contributed by atoms with Gasteiger partial charge in [-0.1, -0.05) is 6.92 Å². The van der Waals surface area contributed by atoms with E-state index in [2.05, 4.69) is 11.9 Å². The molecule has 1 aromatic rings. The summed E-state index contributed by atoms with van der Waals surface area (Å²) in [7, 11) is 0. The van der Waals surface area contributed by atoms with Crippen LogP contribution in [0.5, 0.6) is 0 Å². The molecule has 0 spiro atoms. The second kappa shape index (κ2) is 3.62. The van der Waals surface area contributed by atoms with Crippen molar-refractivity contribution in [3.8, 4) is 0 Å². The van der Waals surface area contributed by atoms with Crippen molar-refractivity contribution < 1.29 is 0 Å². The molecular weight excluding hydrogens is 192 g/mol. The van der Waals surface area contributed by atoms with Crippen molar-refractivity contribution in [3.63, 3.8) is 0 Å². The average Bonchev–Trinajstić information content (AvgIpc) is 2.27. The van der Waals surface area contributed by atoms with Crippen molar-refractivity contribution in [2.45, 2.75) is 26.2 Å². The lowest BCUT2D eigenvalue weighted by atomic mass is 9.93. The zero-order valence-corrected chi connectivity index (χ0v) is 8.67. The normalized spacial score (nSPS) is 21.2. The number of hydrogen-bond acceptors (Lipinski definition) is 3. The predicted molar refractivity (Wildman–Crippen MR) is 55.0 cm³/mol. The fourth-order valence-corrected chi connectivity index (χ4v) is 2.60. The summed E-state index contributed by atoms with van der Waals surface area (Å²) in [6.07, 6.45) is 3.59. The van der Waals surface area contributed by atoms with E-state index in [-0.39, 0.29) is 12.4 Å². The van der Waals surface area contributed by atoms with Gasteiger partial charge in [0.05, 0.1) is 5.69 Å². The summed E-state index contributed by atoms with van der Waals surface area (Å²) in [6, 6.07) is 0. The molecule has 0 saturated carbocycles. The van der Waals surface area contributed by atoms with E-state index in [0.29, 0.717) is 0 Å². The van der Waals surface area contributed by atoms with Crippen LogP contribution in [-0.4, -0.2) is 4.98 Å². The van der Waals surface area contributed by atoms with Crippen LogP contribution in [0.2, 0.25) is 0 Å². The Balaban J connectivity index is 0.000000720. The van der Waals surface area contributed by atoms with Gasteiger partial charge in [0.2, 0.25) is 0 Å². The van der Waals surface area contributed by atoms with Crippen LogP contribution >= 0.6 is 23.7 Å². The molecule has 2 nitrogen and oxygen atoms in total. The first-order chi connectivity index (χ1) is 5.25. The molecule has 0 bridgehead atoms. The average molecular weight is 205 g/mol. The van der Waals surface area contributed by atoms with Gasteiger partial charge in [-0.15, -0.1) is 23.7 Å². The van der Waals surface area contributed by atoms with Gasteiger partial charge >= 0.3 is 0 Å². The summed E-state index contributed by atoms with van der Waals surface area (Å²) in [6.45, 7) is 2.29. The van der Waals surface area contributed by atoms with Gasteiger partial charge in [0, 0.05) is 4.88 Å². The molecule has 1 aromatic heterocycles. The standard InChI is InChI=1S/C8H12N2S.ClH/c1-5-2-3-6-7(4-5)11-8(9)10-6;/h5H,2-4H2,1H3,(H2,9,10);1H. The number of aromatic nitrogens is 1. The zero-order chi connectivity index (χ0) is 7.84. The van der Waals surface area contributed by atoms with Gasteiger partial charge in [-0.3, -0.25) is 0 Å². The highest BCUT2D eigenvalue weighted by Gasteiger charge is 2.18. The van der Waals surface area contributed by atoms with Crippen LogP contribution in [0.3, 0.4) is 0 Å². The van der Waals surface area contributed by atoms with Gasteiger partial charge in [-0.05, 0) is 25.2 Å². The monoisotopic (exact) mass is 204 g/mol. The minimum atomic E-state index is 0. The van der Waals surface area contributed by atoms with Gasteiger partial charge in [0.1, 0.15) is 0 Å². The number of thiazole rings is 1. The topological polar surface area (TPSA) is 38.9 Å². The first-order valence-corrected chi connectivity index (χ1v) is 4.81. The van der Waals surface area contributed by atoms with E-state index in [0.717, 1.165) is 17.5 Å². The van der Waals surface area contributed by atoms with Crippen LogP contribution < -0.4 is 5.73 Å². The quantitative estimate of drug-likeness (QED) is 0.704. The summed E-state index contributed by atoms with van der Waals surface area (Å²) < 4.78 is 0. The van der Waals surface area contributed by atoms with Crippen LogP contribution in [0.25, 0.3) is 0 Å². The number of nitrogens with zero attached hydrogens (tertiary/aromatic N) is 1. The summed E-state index contributed by atoms with van der Waals surface area (Å²) in [5.74, 6) is 0.822. The van der Waals surface area contributed by atoms with Crippen molar-refractivity contribution in [1.82, 2.24) is 4.98 Å². The first-order valence-electron chi connectivity index (χ1n) is 4.00. The minimum absolute atomic E-state index is 0. The number of nitrogen functional groups attached to an aromatic ring is 1. The molecule has 1 aliphatic carbocycles. The second-order valence-corrected chi connectivity index (χ2v) is 4.39. The zero-order valence-electron chi connectivity index (χ0n) is 7.04. The Hall–Kier alpha value is -0.280. The molecule has 2 N–H and O–H groups in total. The molecular formula is C8H13ClN2S. The Labute approximate surface area is 82.6 Å². The van der Waals surface area contributed by atoms with Crippen molar-refractivity contribution in [2.24, 2.45) is 5.92 Å². The lowest BCUT2D eigenvalue weighted by Crippen LogP contribution is -2.09. The van der Waals surface area contributed by atoms with Crippen molar-refractivity contribution in [2.75, 3.05) is 5.73 Å². The van der Waals surface area contributed by atoms with Crippen LogP contribution in [0.15, 0.2) is 0 Å². The summed E-state index contributed by atoms with van der Waals surface area (Å²) in [5, 5.41) is 0.740. The third-order valence-electron chi connectivity index (χ3n) is 2.20. The third-order valence-corrected chi connectivity index (χ3v) is 3.15. The Morgan fingerprint density at radius 3 is 3.08 bits per heavy atom. The van der Waals surface area contributed by atoms with E-state index in [4.69, 9.17) is 5.73 Å². The van der Waals surface area contributed by atoms with Gasteiger partial charge in [-0.2, -0.15) is 0 Å². The van der Waals surface area contributed by atoms with E-state index in [1.807, 2.05) is 0 Å². The molecule has 0 aromatic carbocycles. The van der Waals surface area contributed by atoms with E-state index in [9.17, 15) is 0 Å². The van der Waals surface area contributed by atoms with E-state index >= 15 is 0 Å². The Morgan fingerprint density at radius 1 is 1.58 bits per heavy atom. The van der Waals surface area contributed by atoms with Crippen molar-refractivity contribution in [1.29, 1.82) is 0 Å². The number of aryl methyl sites for hydroxylation is 1. The van der Waals surface area contributed by atoms with Crippen molar-refractivity contribution >= 4 is 28.9 Å². The van der Waals surface area contributed by atoms with Gasteiger partial charge in [0.25, 0.3) is 0 Å². The van der Waals surface area contributed by atoms with Crippen molar-refractivity contribution in [3.05, 3.63) is 10.6 Å². The molecule has 1 atom stereocenters. The lowest BCUT2D eigenvalue weighted by Gasteiger charge is -2.15. The Kier molecular flexibility index (Phi) is 2.96. The summed E-state index contributed by atoms with van der Waals surface area (Å²) in [5.41, 5.74) is 6.87. The highest BCUT2D eigenvalue weighted by atomic mass is 35.5. The molecule has 0 saturated heterocycles. The minimum Gasteiger partial charge on any atom is -0.375 e. The molecule has 12 heavy (non-hydrogen) atoms. The molecule has 0 aliphatic heterocycles. The van der Waals surface area contributed by atoms with Crippen LogP contribution in [0.4, 0.5) is 5.13 Å². The van der Waals surface area contributed by atoms with E-state index in [1.165, 1.54) is 23.4 Å². The number of halogens is 1. The molecule has 1 unspecified atom stereocenters. The maximum Gasteiger partial charge on any atom is 0.180 e. The van der Waals surface area contributed by atoms with Gasteiger partial charge in [0.15, 0.2) is 5.13 Å². The Bertz CT molecular complexity index is 272. The molecule has 1 aliphatic rings. The van der Waals surface area contributed by atoms with Gasteiger partial charge in [-0.25, -0.2) is 4.98 Å². The molecule has 0 amide bonds. The summed E-state index contributed by atoms with van der Waals surface area (Å²) in [4.78, 5) is 5.70. The van der Waals surface area contributed by atoms with E-state index in [1.54, 1.807) is 11.3 Å². The number of rotatable bonds is 0. The fourth-order valence-electron chi connectivity index (χ4n) is 1.56. The smallest absolute Gasteiger partial charge is 0.180 e. The first kappa shape index (κ1) is 9.81. The number of fused-ring (bicyclic) bond motifs is 1. The Morgan fingerprint density at radius 2 is 2.33 bits per heavy atom. The number of nitrogens with two attached hydrogens (primary N) is 1. The highest BCUT2D eigenvalue weighted by Crippen LogP contribution is 2.30. The summed E-state index contributed by atoms with van der Waals surface area (Å²) >= 11 is 1.66. The molecule has 1 heterocycles. The van der Waals surface area contributed by atoms with E-state index < -0.39 is 0 Å². The fraction of sp³-hybridized carbons (Fsp3) is 0.625.